The molecular weight excluding hydrogens is 491 g/mol. The SMILES string of the molecule is N#Cc1cc(-c2ccccc2)ccc1C(CCNC1CCCC1)CNC(=O)Nc1cc(Cl)cc(Cl)c1. The van der Waals surface area contributed by atoms with Gasteiger partial charge < -0.3 is 16.0 Å². The van der Waals surface area contributed by atoms with E-state index in [0.29, 0.717) is 33.9 Å². The van der Waals surface area contributed by atoms with Crippen molar-refractivity contribution in [2.24, 2.45) is 0 Å². The molecule has 0 aliphatic heterocycles. The summed E-state index contributed by atoms with van der Waals surface area (Å²) in [6.45, 7) is 1.22. The van der Waals surface area contributed by atoms with E-state index >= 15 is 0 Å². The maximum absolute atomic E-state index is 12.7. The summed E-state index contributed by atoms with van der Waals surface area (Å²) in [4.78, 5) is 12.7. The summed E-state index contributed by atoms with van der Waals surface area (Å²) < 4.78 is 0. The zero-order chi connectivity index (χ0) is 25.3. The summed E-state index contributed by atoms with van der Waals surface area (Å²) in [5.74, 6) is -0.0212. The Kier molecular flexibility index (Phi) is 9.24. The van der Waals surface area contributed by atoms with Crippen molar-refractivity contribution < 1.29 is 4.79 Å². The Hall–Kier alpha value is -3.04. The van der Waals surface area contributed by atoms with Gasteiger partial charge in [-0.1, -0.05) is 78.5 Å². The largest absolute Gasteiger partial charge is 0.337 e. The second-order valence-electron chi connectivity index (χ2n) is 9.19. The summed E-state index contributed by atoms with van der Waals surface area (Å²) in [7, 11) is 0. The van der Waals surface area contributed by atoms with Gasteiger partial charge in [-0.3, -0.25) is 0 Å². The van der Waals surface area contributed by atoms with Crippen molar-refractivity contribution in [2.45, 2.75) is 44.1 Å². The number of benzene rings is 3. The first kappa shape index (κ1) is 26.0. The van der Waals surface area contributed by atoms with Crippen LogP contribution in [0.2, 0.25) is 10.0 Å². The molecule has 1 atom stereocenters. The lowest BCUT2D eigenvalue weighted by molar-refractivity contribution is 0.251. The molecule has 2 amide bonds. The summed E-state index contributed by atoms with van der Waals surface area (Å²) in [6, 6.07) is 23.5. The van der Waals surface area contributed by atoms with Crippen LogP contribution in [0.15, 0.2) is 66.7 Å². The molecule has 3 aromatic carbocycles. The van der Waals surface area contributed by atoms with E-state index in [1.54, 1.807) is 18.2 Å². The molecule has 0 radical (unpaired) electrons. The minimum Gasteiger partial charge on any atom is -0.337 e. The van der Waals surface area contributed by atoms with Gasteiger partial charge in [-0.05, 0) is 66.8 Å². The predicted molar refractivity (Wildman–Crippen MR) is 148 cm³/mol. The molecule has 0 heterocycles. The lowest BCUT2D eigenvalue weighted by Gasteiger charge is -2.22. The molecule has 0 saturated heterocycles. The third kappa shape index (κ3) is 7.24. The van der Waals surface area contributed by atoms with Crippen LogP contribution >= 0.6 is 23.2 Å². The van der Waals surface area contributed by atoms with Crippen LogP contribution in [0, 0.1) is 11.3 Å². The van der Waals surface area contributed by atoms with E-state index in [9.17, 15) is 10.1 Å². The molecule has 1 aliphatic carbocycles. The second kappa shape index (κ2) is 12.8. The second-order valence-corrected chi connectivity index (χ2v) is 10.1. The highest BCUT2D eigenvalue weighted by Crippen LogP contribution is 2.29. The van der Waals surface area contributed by atoms with Gasteiger partial charge in [0.15, 0.2) is 0 Å². The number of urea groups is 1. The van der Waals surface area contributed by atoms with Crippen LogP contribution in [0.1, 0.15) is 49.1 Å². The van der Waals surface area contributed by atoms with Crippen LogP contribution in [0.25, 0.3) is 11.1 Å². The number of nitriles is 1. The Morgan fingerprint density at radius 2 is 1.69 bits per heavy atom. The first-order valence-corrected chi connectivity index (χ1v) is 13.1. The van der Waals surface area contributed by atoms with Crippen LogP contribution in [0.5, 0.6) is 0 Å². The van der Waals surface area contributed by atoms with Crippen molar-refractivity contribution in [2.75, 3.05) is 18.4 Å². The highest BCUT2D eigenvalue weighted by Gasteiger charge is 2.20. The van der Waals surface area contributed by atoms with E-state index in [1.807, 2.05) is 42.5 Å². The standard InChI is InChI=1S/C29H30Cl2N4O/c30-24-15-25(31)17-27(16-24)35-29(36)34-19-22(12-13-33-26-8-4-5-9-26)28-11-10-21(14-23(28)18-32)20-6-2-1-3-7-20/h1-3,6-7,10-11,14-17,22,26,33H,4-5,8-9,12-13,19H2,(H2,34,35,36). The number of nitrogens with zero attached hydrogens (tertiary/aromatic N) is 1. The van der Waals surface area contributed by atoms with Gasteiger partial charge in [0, 0.05) is 34.2 Å². The van der Waals surface area contributed by atoms with Crippen molar-refractivity contribution in [1.29, 1.82) is 5.26 Å². The number of anilines is 1. The summed E-state index contributed by atoms with van der Waals surface area (Å²) >= 11 is 12.1. The number of amides is 2. The van der Waals surface area contributed by atoms with Gasteiger partial charge in [0.2, 0.25) is 0 Å². The first-order chi connectivity index (χ1) is 17.5. The highest BCUT2D eigenvalue weighted by atomic mass is 35.5. The molecule has 4 rings (SSSR count). The third-order valence-electron chi connectivity index (χ3n) is 6.63. The quantitative estimate of drug-likeness (QED) is 0.275. The Morgan fingerprint density at radius 3 is 2.39 bits per heavy atom. The van der Waals surface area contributed by atoms with Crippen LogP contribution in [-0.2, 0) is 0 Å². The minimum atomic E-state index is -0.346. The summed E-state index contributed by atoms with van der Waals surface area (Å²) in [5, 5.41) is 20.3. The number of hydrogen-bond donors (Lipinski definition) is 3. The van der Waals surface area contributed by atoms with E-state index in [-0.39, 0.29) is 11.9 Å². The van der Waals surface area contributed by atoms with Crippen LogP contribution in [0.4, 0.5) is 10.5 Å². The Morgan fingerprint density at radius 1 is 0.972 bits per heavy atom. The molecular formula is C29H30Cl2N4O. The molecule has 1 saturated carbocycles. The molecule has 3 aromatic rings. The van der Waals surface area contributed by atoms with Crippen molar-refractivity contribution in [3.63, 3.8) is 0 Å². The monoisotopic (exact) mass is 520 g/mol. The van der Waals surface area contributed by atoms with E-state index in [4.69, 9.17) is 23.2 Å². The Labute approximate surface area is 222 Å². The Bertz CT molecular complexity index is 1200. The fourth-order valence-electron chi connectivity index (χ4n) is 4.80. The average Bonchev–Trinajstić information content (AvgIpc) is 3.39. The molecule has 1 fully saturated rings. The van der Waals surface area contributed by atoms with Gasteiger partial charge in [-0.15, -0.1) is 0 Å². The van der Waals surface area contributed by atoms with Gasteiger partial charge >= 0.3 is 6.03 Å². The van der Waals surface area contributed by atoms with E-state index in [2.05, 4.69) is 28.1 Å². The first-order valence-electron chi connectivity index (χ1n) is 12.4. The van der Waals surface area contributed by atoms with Gasteiger partial charge in [-0.25, -0.2) is 4.79 Å². The fraction of sp³-hybridized carbons (Fsp3) is 0.310. The maximum atomic E-state index is 12.7. The minimum absolute atomic E-state index is 0.0212. The molecule has 7 heteroatoms. The zero-order valence-electron chi connectivity index (χ0n) is 20.1. The fourth-order valence-corrected chi connectivity index (χ4v) is 5.32. The highest BCUT2D eigenvalue weighted by molar-refractivity contribution is 6.35. The number of rotatable bonds is 9. The number of hydrogen-bond acceptors (Lipinski definition) is 3. The van der Waals surface area contributed by atoms with Gasteiger partial charge in [-0.2, -0.15) is 5.26 Å². The van der Waals surface area contributed by atoms with Crippen LogP contribution < -0.4 is 16.0 Å². The van der Waals surface area contributed by atoms with Crippen molar-refractivity contribution in [3.8, 4) is 17.2 Å². The summed E-state index contributed by atoms with van der Waals surface area (Å²) in [6.07, 6.45) is 5.77. The number of halogens is 2. The molecule has 36 heavy (non-hydrogen) atoms. The third-order valence-corrected chi connectivity index (χ3v) is 7.07. The molecule has 1 unspecified atom stereocenters. The molecule has 0 spiro atoms. The lowest BCUT2D eigenvalue weighted by atomic mass is 9.89. The van der Waals surface area contributed by atoms with Gasteiger partial charge in [0.25, 0.3) is 0 Å². The topological polar surface area (TPSA) is 77.0 Å². The number of nitrogens with one attached hydrogen (secondary N) is 3. The van der Waals surface area contributed by atoms with E-state index < -0.39 is 0 Å². The number of carbonyl (C=O) groups excluding carboxylic acids is 1. The van der Waals surface area contributed by atoms with Gasteiger partial charge in [0.1, 0.15) is 0 Å². The zero-order valence-corrected chi connectivity index (χ0v) is 21.6. The van der Waals surface area contributed by atoms with Crippen molar-refractivity contribution in [3.05, 3.63) is 87.9 Å². The normalized spacial score (nSPS) is 14.2. The molecule has 0 bridgehead atoms. The predicted octanol–water partition coefficient (Wildman–Crippen LogP) is 7.36. The van der Waals surface area contributed by atoms with E-state index in [0.717, 1.165) is 29.7 Å². The van der Waals surface area contributed by atoms with Crippen LogP contribution in [-0.4, -0.2) is 25.2 Å². The van der Waals surface area contributed by atoms with Gasteiger partial charge in [0.05, 0.1) is 11.6 Å². The van der Waals surface area contributed by atoms with Crippen molar-refractivity contribution >= 4 is 34.9 Å². The molecule has 0 aromatic heterocycles. The van der Waals surface area contributed by atoms with Crippen LogP contribution in [0.3, 0.4) is 0 Å². The number of carbonyl (C=O) groups is 1. The average molecular weight is 521 g/mol. The Balaban J connectivity index is 1.48. The summed E-state index contributed by atoms with van der Waals surface area (Å²) in [5.41, 5.74) is 4.16. The molecule has 3 N–H and O–H groups in total. The molecule has 1 aliphatic rings. The molecule has 5 nitrogen and oxygen atoms in total. The maximum Gasteiger partial charge on any atom is 0.319 e. The lowest BCUT2D eigenvalue weighted by Crippen LogP contribution is -2.34. The van der Waals surface area contributed by atoms with Crippen molar-refractivity contribution in [1.82, 2.24) is 10.6 Å². The smallest absolute Gasteiger partial charge is 0.319 e. The van der Waals surface area contributed by atoms with E-state index in [1.165, 1.54) is 25.7 Å². The molecule has 186 valence electrons.